The summed E-state index contributed by atoms with van der Waals surface area (Å²) in [4.78, 5) is 15.1. The molecule has 2 bridgehead atoms. The maximum absolute atomic E-state index is 12.9. The van der Waals surface area contributed by atoms with Crippen molar-refractivity contribution in [3.63, 3.8) is 0 Å². The molecule has 3 atom stereocenters. The number of nitrogens with zero attached hydrogens (tertiary/aromatic N) is 3. The highest BCUT2D eigenvalue weighted by Gasteiger charge is 2.45. The Labute approximate surface area is 131 Å². The van der Waals surface area contributed by atoms with E-state index in [-0.39, 0.29) is 5.92 Å². The Morgan fingerprint density at radius 1 is 1.27 bits per heavy atom. The number of carbonyl (C=O) groups excluding carboxylic acids is 1. The zero-order valence-electron chi connectivity index (χ0n) is 13.3. The third-order valence-electron chi connectivity index (χ3n) is 5.77. The van der Waals surface area contributed by atoms with Gasteiger partial charge in [-0.3, -0.25) is 9.48 Å². The summed E-state index contributed by atoms with van der Waals surface area (Å²) in [6.07, 6.45) is 8.42. The van der Waals surface area contributed by atoms with Gasteiger partial charge in [-0.25, -0.2) is 0 Å². The van der Waals surface area contributed by atoms with Crippen LogP contribution in [0, 0.1) is 5.92 Å². The number of aryl methyl sites for hydroxylation is 1. The van der Waals surface area contributed by atoms with Crippen LogP contribution in [0.2, 0.25) is 0 Å². The first-order valence-corrected chi connectivity index (χ1v) is 8.62. The lowest BCUT2D eigenvalue weighted by Gasteiger charge is -2.41. The lowest BCUT2D eigenvalue weighted by Crippen LogP contribution is -2.49. The van der Waals surface area contributed by atoms with Gasteiger partial charge < -0.3 is 9.64 Å². The van der Waals surface area contributed by atoms with Crippen molar-refractivity contribution in [3.05, 3.63) is 18.0 Å². The Hall–Kier alpha value is -1.36. The Kier molecular flexibility index (Phi) is 3.68. The van der Waals surface area contributed by atoms with E-state index in [1.165, 1.54) is 18.5 Å². The van der Waals surface area contributed by atoms with Crippen molar-refractivity contribution in [2.75, 3.05) is 13.2 Å². The zero-order chi connectivity index (χ0) is 15.1. The molecule has 1 amide bonds. The number of hydrogen-bond donors (Lipinski definition) is 0. The highest BCUT2D eigenvalue weighted by molar-refractivity contribution is 5.80. The van der Waals surface area contributed by atoms with Crippen LogP contribution in [-0.4, -0.2) is 45.9 Å². The Bertz CT molecular complexity index is 536. The molecule has 1 aromatic rings. The number of aromatic nitrogens is 2. The molecule has 3 aliphatic rings. The first-order chi connectivity index (χ1) is 10.7. The molecule has 3 aliphatic heterocycles. The number of amides is 1. The molecular weight excluding hydrogens is 278 g/mol. The van der Waals surface area contributed by atoms with Crippen LogP contribution >= 0.6 is 0 Å². The number of ether oxygens (including phenoxy) is 1. The summed E-state index contributed by atoms with van der Waals surface area (Å²) in [5.74, 6) is 1.01. The van der Waals surface area contributed by atoms with E-state index in [0.29, 0.717) is 30.5 Å². The molecule has 0 saturated carbocycles. The third kappa shape index (κ3) is 2.35. The van der Waals surface area contributed by atoms with Gasteiger partial charge in [0.25, 0.3) is 0 Å². The molecule has 4 rings (SSSR count). The number of hydrogen-bond acceptors (Lipinski definition) is 3. The van der Waals surface area contributed by atoms with Gasteiger partial charge in [0, 0.05) is 43.5 Å². The van der Waals surface area contributed by atoms with Crippen molar-refractivity contribution in [3.8, 4) is 0 Å². The fourth-order valence-electron chi connectivity index (χ4n) is 4.71. The van der Waals surface area contributed by atoms with Crippen molar-refractivity contribution in [1.82, 2.24) is 14.7 Å². The summed E-state index contributed by atoms with van der Waals surface area (Å²) in [6, 6.07) is 2.98. The summed E-state index contributed by atoms with van der Waals surface area (Å²) < 4.78 is 7.52. The molecule has 0 radical (unpaired) electrons. The minimum absolute atomic E-state index is 0.102. The van der Waals surface area contributed by atoms with Crippen LogP contribution < -0.4 is 0 Å². The highest BCUT2D eigenvalue weighted by Crippen LogP contribution is 2.43. The average molecular weight is 303 g/mol. The molecule has 22 heavy (non-hydrogen) atoms. The summed E-state index contributed by atoms with van der Waals surface area (Å²) in [5.41, 5.74) is 1.32. The minimum Gasteiger partial charge on any atom is -0.381 e. The van der Waals surface area contributed by atoms with Gasteiger partial charge in [-0.15, -0.1) is 0 Å². The van der Waals surface area contributed by atoms with Gasteiger partial charge in [0.2, 0.25) is 5.91 Å². The number of fused-ring (bicyclic) bond motifs is 2. The smallest absolute Gasteiger partial charge is 0.228 e. The van der Waals surface area contributed by atoms with E-state index in [1.807, 2.05) is 17.9 Å². The molecule has 1 aromatic heterocycles. The molecule has 5 heteroatoms. The Morgan fingerprint density at radius 2 is 2.05 bits per heavy atom. The molecule has 5 nitrogen and oxygen atoms in total. The van der Waals surface area contributed by atoms with E-state index in [2.05, 4.69) is 16.1 Å². The van der Waals surface area contributed by atoms with E-state index in [4.69, 9.17) is 4.74 Å². The quantitative estimate of drug-likeness (QED) is 0.840. The van der Waals surface area contributed by atoms with Crippen LogP contribution in [0.1, 0.15) is 50.1 Å². The minimum atomic E-state index is 0.102. The molecule has 120 valence electrons. The molecule has 0 spiro atoms. The standard InChI is InChI=1S/C17H25N3O2/c1-19-16(6-7-18-19)13-9-14-4-5-15(10-13)20(14)17(21)12-3-2-8-22-11-12/h6-7,12-15H,2-5,8-11H2,1H3. The molecular formula is C17H25N3O2. The normalized spacial score (nSPS) is 34.9. The van der Waals surface area contributed by atoms with Gasteiger partial charge in [-0.1, -0.05) is 0 Å². The van der Waals surface area contributed by atoms with Crippen molar-refractivity contribution in [2.24, 2.45) is 13.0 Å². The molecule has 4 heterocycles. The Morgan fingerprint density at radius 3 is 2.64 bits per heavy atom. The summed E-state index contributed by atoms with van der Waals surface area (Å²) in [5, 5.41) is 4.31. The molecule has 0 aromatic carbocycles. The van der Waals surface area contributed by atoms with Crippen LogP contribution in [-0.2, 0) is 16.6 Å². The van der Waals surface area contributed by atoms with Crippen LogP contribution in [0.3, 0.4) is 0 Å². The summed E-state index contributed by atoms with van der Waals surface area (Å²) in [7, 11) is 2.02. The maximum atomic E-state index is 12.9. The van der Waals surface area contributed by atoms with Gasteiger partial charge in [0.05, 0.1) is 12.5 Å². The van der Waals surface area contributed by atoms with Crippen LogP contribution in [0.25, 0.3) is 0 Å². The first kappa shape index (κ1) is 14.2. The number of piperidine rings is 1. The largest absolute Gasteiger partial charge is 0.381 e. The topological polar surface area (TPSA) is 47.4 Å². The highest BCUT2D eigenvalue weighted by atomic mass is 16.5. The second-order valence-corrected chi connectivity index (χ2v) is 7.09. The average Bonchev–Trinajstić information content (AvgIpc) is 3.08. The lowest BCUT2D eigenvalue weighted by atomic mass is 9.86. The number of carbonyl (C=O) groups is 1. The maximum Gasteiger partial charge on any atom is 0.228 e. The van der Waals surface area contributed by atoms with E-state index >= 15 is 0 Å². The van der Waals surface area contributed by atoms with Crippen molar-refractivity contribution >= 4 is 5.91 Å². The predicted molar refractivity (Wildman–Crippen MR) is 82.4 cm³/mol. The van der Waals surface area contributed by atoms with Gasteiger partial charge in [-0.05, 0) is 44.6 Å². The fraction of sp³-hybridized carbons (Fsp3) is 0.765. The first-order valence-electron chi connectivity index (χ1n) is 8.62. The molecule has 3 unspecified atom stereocenters. The summed E-state index contributed by atoms with van der Waals surface area (Å²) in [6.45, 7) is 1.44. The van der Waals surface area contributed by atoms with Gasteiger partial charge in [-0.2, -0.15) is 5.10 Å². The van der Waals surface area contributed by atoms with Crippen LogP contribution in [0.15, 0.2) is 12.3 Å². The second-order valence-electron chi connectivity index (χ2n) is 7.09. The van der Waals surface area contributed by atoms with E-state index in [1.54, 1.807) is 0 Å². The van der Waals surface area contributed by atoms with Crippen LogP contribution in [0.4, 0.5) is 0 Å². The van der Waals surface area contributed by atoms with Gasteiger partial charge >= 0.3 is 0 Å². The van der Waals surface area contributed by atoms with Gasteiger partial charge in [0.15, 0.2) is 0 Å². The van der Waals surface area contributed by atoms with E-state index in [9.17, 15) is 4.79 Å². The van der Waals surface area contributed by atoms with Crippen molar-refractivity contribution in [1.29, 1.82) is 0 Å². The van der Waals surface area contributed by atoms with Crippen molar-refractivity contribution < 1.29 is 9.53 Å². The Balaban J connectivity index is 1.49. The third-order valence-corrected chi connectivity index (χ3v) is 5.77. The number of rotatable bonds is 2. The predicted octanol–water partition coefficient (Wildman–Crippen LogP) is 2.08. The SMILES string of the molecule is Cn1nccc1C1CC2CCC(C1)N2C(=O)C1CCCOC1. The summed E-state index contributed by atoms with van der Waals surface area (Å²) >= 11 is 0. The molecule has 0 aliphatic carbocycles. The van der Waals surface area contributed by atoms with E-state index < -0.39 is 0 Å². The molecule has 0 N–H and O–H groups in total. The second kappa shape index (κ2) is 5.69. The fourth-order valence-corrected chi connectivity index (χ4v) is 4.71. The van der Waals surface area contributed by atoms with Crippen LogP contribution in [0.5, 0.6) is 0 Å². The van der Waals surface area contributed by atoms with Gasteiger partial charge in [0.1, 0.15) is 0 Å². The van der Waals surface area contributed by atoms with Crippen molar-refractivity contribution in [2.45, 2.75) is 56.5 Å². The van der Waals surface area contributed by atoms with E-state index in [0.717, 1.165) is 32.3 Å². The zero-order valence-corrected chi connectivity index (χ0v) is 13.3. The monoisotopic (exact) mass is 303 g/mol. The lowest BCUT2D eigenvalue weighted by molar-refractivity contribution is -0.144. The molecule has 3 saturated heterocycles. The molecule has 3 fully saturated rings.